The highest BCUT2D eigenvalue weighted by molar-refractivity contribution is 14.1. The number of thioether (sulfide) groups is 1. The van der Waals surface area contributed by atoms with Crippen LogP contribution in [0, 0.1) is 0 Å². The molecule has 0 spiro atoms. The van der Waals surface area contributed by atoms with Crippen LogP contribution < -0.4 is 0 Å². The molecular weight excluding hydrogens is 493 g/mol. The van der Waals surface area contributed by atoms with Crippen molar-refractivity contribution in [2.75, 3.05) is 13.1 Å². The van der Waals surface area contributed by atoms with Crippen molar-refractivity contribution in [2.24, 2.45) is 0 Å². The molecule has 6 nitrogen and oxygen atoms in total. The fourth-order valence-corrected chi connectivity index (χ4v) is 5.77. The summed E-state index contributed by atoms with van der Waals surface area (Å²) in [4.78, 5) is 16.0. The summed E-state index contributed by atoms with van der Waals surface area (Å²) in [6.07, 6.45) is 3.08. The monoisotopic (exact) mass is 513 g/mol. The molecule has 3 aromatic rings. The molecule has 9 heteroatoms. The van der Waals surface area contributed by atoms with E-state index in [1.54, 1.807) is 15.9 Å². The van der Waals surface area contributed by atoms with Crippen molar-refractivity contribution in [3.63, 3.8) is 0 Å². The Bertz CT molecular complexity index is 929. The lowest BCUT2D eigenvalue weighted by Crippen LogP contribution is -2.44. The van der Waals surface area contributed by atoms with Gasteiger partial charge in [-0.05, 0) is 42.8 Å². The molecule has 0 aliphatic carbocycles. The maximum absolute atomic E-state index is 13.0. The number of piperidine rings is 1. The number of fused-ring (bicyclic) bond motifs is 1. The number of carbonyl (C=O) groups excluding carboxylic acids is 1. The van der Waals surface area contributed by atoms with Gasteiger partial charge in [-0.3, -0.25) is 4.79 Å². The zero-order valence-corrected chi connectivity index (χ0v) is 18.7. The molecule has 3 aromatic heterocycles. The van der Waals surface area contributed by atoms with Gasteiger partial charge in [-0.2, -0.15) is 9.61 Å². The zero-order valence-electron chi connectivity index (χ0n) is 14.9. The SMILES string of the molecule is CCC(Sc1ccc2nnc(-c3cccs3)n2n1)C(=O)N1CCC[C@@H](I)C1. The molecule has 1 amide bonds. The maximum atomic E-state index is 13.0. The van der Waals surface area contributed by atoms with Crippen LogP contribution in [0.1, 0.15) is 26.2 Å². The number of nitrogens with zero attached hydrogens (tertiary/aromatic N) is 5. The van der Waals surface area contributed by atoms with Gasteiger partial charge >= 0.3 is 0 Å². The standard InChI is InChI=1S/C18H20IN5OS2/c1-2-13(18(25)23-9-3-5-12(19)11-23)27-16-8-7-15-20-21-17(24(15)22-16)14-6-4-10-26-14/h4,6-8,10,12-13H,2-3,5,9,11H2,1H3/t12-,13?/m1/s1. The van der Waals surface area contributed by atoms with E-state index in [1.165, 1.54) is 18.2 Å². The fourth-order valence-electron chi connectivity index (χ4n) is 3.18. The van der Waals surface area contributed by atoms with Crippen LogP contribution in [0.15, 0.2) is 34.7 Å². The zero-order chi connectivity index (χ0) is 18.8. The van der Waals surface area contributed by atoms with Crippen molar-refractivity contribution >= 4 is 57.2 Å². The van der Waals surface area contributed by atoms with E-state index in [2.05, 4.69) is 39.7 Å². The molecule has 4 heterocycles. The third-order valence-electron chi connectivity index (χ3n) is 4.56. The van der Waals surface area contributed by atoms with Gasteiger partial charge in [-0.1, -0.05) is 47.3 Å². The molecular formula is C18H20IN5OS2. The lowest BCUT2D eigenvalue weighted by Gasteiger charge is -2.32. The fraction of sp³-hybridized carbons (Fsp3) is 0.444. The van der Waals surface area contributed by atoms with Gasteiger partial charge in [0.25, 0.3) is 0 Å². The Morgan fingerprint density at radius 1 is 1.41 bits per heavy atom. The number of aromatic nitrogens is 4. The summed E-state index contributed by atoms with van der Waals surface area (Å²) in [5.74, 6) is 0.971. The summed E-state index contributed by atoms with van der Waals surface area (Å²) < 4.78 is 2.33. The largest absolute Gasteiger partial charge is 0.341 e. The Kier molecular flexibility index (Phi) is 5.98. The molecule has 1 aliphatic heterocycles. The first-order valence-electron chi connectivity index (χ1n) is 9.01. The lowest BCUT2D eigenvalue weighted by molar-refractivity contribution is -0.131. The summed E-state index contributed by atoms with van der Waals surface area (Å²) in [5, 5.41) is 15.9. The topological polar surface area (TPSA) is 63.4 Å². The van der Waals surface area contributed by atoms with Crippen molar-refractivity contribution in [3.05, 3.63) is 29.6 Å². The molecule has 1 aliphatic rings. The number of hydrogen-bond donors (Lipinski definition) is 0. The van der Waals surface area contributed by atoms with Crippen LogP contribution in [0.5, 0.6) is 0 Å². The highest BCUT2D eigenvalue weighted by Crippen LogP contribution is 2.29. The summed E-state index contributed by atoms with van der Waals surface area (Å²) in [5.41, 5.74) is 0.714. The van der Waals surface area contributed by atoms with Crippen LogP contribution in [-0.2, 0) is 4.79 Å². The van der Waals surface area contributed by atoms with Crippen LogP contribution in [0.2, 0.25) is 0 Å². The molecule has 1 saturated heterocycles. The predicted octanol–water partition coefficient (Wildman–Crippen LogP) is 4.15. The van der Waals surface area contributed by atoms with E-state index in [0.717, 1.165) is 41.7 Å². The molecule has 4 rings (SSSR count). The van der Waals surface area contributed by atoms with Crippen LogP contribution in [0.25, 0.3) is 16.3 Å². The quantitative estimate of drug-likeness (QED) is 0.292. The van der Waals surface area contributed by atoms with Crippen LogP contribution >= 0.6 is 45.7 Å². The number of likely N-dealkylation sites (tertiary alicyclic amines) is 1. The first-order chi connectivity index (χ1) is 13.2. The number of alkyl halides is 1. The summed E-state index contributed by atoms with van der Waals surface area (Å²) in [7, 11) is 0. The first kappa shape index (κ1) is 19.1. The smallest absolute Gasteiger partial charge is 0.236 e. The second-order valence-electron chi connectivity index (χ2n) is 6.48. The van der Waals surface area contributed by atoms with E-state index in [-0.39, 0.29) is 11.2 Å². The van der Waals surface area contributed by atoms with E-state index in [1.807, 2.05) is 34.5 Å². The number of thiophene rings is 1. The van der Waals surface area contributed by atoms with E-state index < -0.39 is 0 Å². The minimum atomic E-state index is -0.113. The number of carbonyl (C=O) groups is 1. The molecule has 0 saturated carbocycles. The van der Waals surface area contributed by atoms with Gasteiger partial charge < -0.3 is 4.90 Å². The van der Waals surface area contributed by atoms with Crippen molar-refractivity contribution in [1.82, 2.24) is 24.7 Å². The van der Waals surface area contributed by atoms with Gasteiger partial charge in [0.05, 0.1) is 10.1 Å². The first-order valence-corrected chi connectivity index (χ1v) is 12.0. The average Bonchev–Trinajstić information content (AvgIpc) is 3.34. The number of halogens is 1. The van der Waals surface area contributed by atoms with Gasteiger partial charge in [-0.25, -0.2) is 0 Å². The van der Waals surface area contributed by atoms with E-state index in [4.69, 9.17) is 5.10 Å². The van der Waals surface area contributed by atoms with Crippen LogP contribution in [0.3, 0.4) is 0 Å². The van der Waals surface area contributed by atoms with Crippen molar-refractivity contribution in [2.45, 2.75) is 40.4 Å². The second-order valence-corrected chi connectivity index (χ2v) is 10.4. The van der Waals surface area contributed by atoms with Gasteiger partial charge in [0.1, 0.15) is 5.03 Å². The molecule has 1 fully saturated rings. The van der Waals surface area contributed by atoms with Gasteiger partial charge in [0, 0.05) is 17.0 Å². The Balaban J connectivity index is 1.56. The van der Waals surface area contributed by atoms with Crippen molar-refractivity contribution < 1.29 is 4.79 Å². The van der Waals surface area contributed by atoms with E-state index in [0.29, 0.717) is 9.57 Å². The molecule has 142 valence electrons. The molecule has 0 radical (unpaired) electrons. The van der Waals surface area contributed by atoms with E-state index >= 15 is 0 Å². The Labute approximate surface area is 179 Å². The van der Waals surface area contributed by atoms with Crippen molar-refractivity contribution in [1.29, 1.82) is 0 Å². The van der Waals surface area contributed by atoms with Gasteiger partial charge in [-0.15, -0.1) is 21.5 Å². The number of amides is 1. The van der Waals surface area contributed by atoms with E-state index in [9.17, 15) is 4.79 Å². The average molecular weight is 513 g/mol. The summed E-state index contributed by atoms with van der Waals surface area (Å²) in [6, 6.07) is 7.85. The van der Waals surface area contributed by atoms with Gasteiger partial charge in [0.15, 0.2) is 11.5 Å². The Morgan fingerprint density at radius 2 is 2.30 bits per heavy atom. The molecule has 2 atom stereocenters. The highest BCUT2D eigenvalue weighted by atomic mass is 127. The second kappa shape index (κ2) is 8.44. The minimum absolute atomic E-state index is 0.113. The maximum Gasteiger partial charge on any atom is 0.236 e. The summed E-state index contributed by atoms with van der Waals surface area (Å²) >= 11 is 5.60. The van der Waals surface area contributed by atoms with Crippen LogP contribution in [0.4, 0.5) is 0 Å². The molecule has 0 bridgehead atoms. The van der Waals surface area contributed by atoms with Gasteiger partial charge in [0.2, 0.25) is 5.91 Å². The Hall–Kier alpha value is -1.20. The number of hydrogen-bond acceptors (Lipinski definition) is 6. The molecule has 1 unspecified atom stereocenters. The highest BCUT2D eigenvalue weighted by Gasteiger charge is 2.28. The van der Waals surface area contributed by atoms with Crippen LogP contribution in [-0.4, -0.2) is 52.9 Å². The Morgan fingerprint density at radius 3 is 3.04 bits per heavy atom. The molecule has 0 N–H and O–H groups in total. The lowest BCUT2D eigenvalue weighted by atomic mass is 10.1. The van der Waals surface area contributed by atoms with Crippen molar-refractivity contribution in [3.8, 4) is 10.7 Å². The number of rotatable bonds is 5. The summed E-state index contributed by atoms with van der Waals surface area (Å²) in [6.45, 7) is 3.79. The predicted molar refractivity (Wildman–Crippen MR) is 118 cm³/mol. The normalized spacial score (nSPS) is 18.7. The third kappa shape index (κ3) is 4.14. The minimum Gasteiger partial charge on any atom is -0.341 e. The third-order valence-corrected chi connectivity index (χ3v) is 7.73. The molecule has 0 aromatic carbocycles. The molecule has 27 heavy (non-hydrogen) atoms.